The van der Waals surface area contributed by atoms with Gasteiger partial charge in [-0.2, -0.15) is 0 Å². The molecule has 1 amide bonds. The lowest BCUT2D eigenvalue weighted by Gasteiger charge is -2.45. The van der Waals surface area contributed by atoms with E-state index in [1.807, 2.05) is 0 Å². The zero-order valence-electron chi connectivity index (χ0n) is 40.1. The normalized spacial score (nSPS) is 40.8. The molecule has 0 aromatic heterocycles. The van der Waals surface area contributed by atoms with Crippen LogP contribution in [-0.2, 0) is 33.3 Å². The van der Waals surface area contributed by atoms with Gasteiger partial charge in [0.05, 0.1) is 92.6 Å². The molecule has 3 heterocycles. The van der Waals surface area contributed by atoms with Crippen LogP contribution in [-0.4, -0.2) is 180 Å². The Morgan fingerprint density at radius 2 is 1.35 bits per heavy atom. The third-order valence-corrected chi connectivity index (χ3v) is 12.0. The van der Waals surface area contributed by atoms with Crippen molar-refractivity contribution < 1.29 is 97.5 Å². The summed E-state index contributed by atoms with van der Waals surface area (Å²) in [6.45, 7) is 2.00. The summed E-state index contributed by atoms with van der Waals surface area (Å²) in [6, 6.07) is -1.18. The topological polar surface area (TPSA) is 321 Å². The molecule has 0 radical (unpaired) electrons. The predicted molar refractivity (Wildman–Crippen MR) is 250 cm³/mol. The average molecular weight is 1020 g/mol. The van der Waals surface area contributed by atoms with E-state index in [2.05, 4.69) is 10.1 Å². The lowest BCUT2D eigenvalue weighted by atomic mass is 9.82. The van der Waals surface area contributed by atoms with Crippen molar-refractivity contribution in [2.75, 3.05) is 19.8 Å². The van der Waals surface area contributed by atoms with Crippen LogP contribution in [0, 0.1) is 11.8 Å². The molecule has 2 saturated heterocycles. The number of esters is 1. The molecule has 3 aliphatic rings. The summed E-state index contributed by atoms with van der Waals surface area (Å²) in [5, 5.41) is 111. The number of hydrogen-bond acceptors (Lipinski definition) is 18. The fourth-order valence-corrected chi connectivity index (χ4v) is 8.10. The number of alkyl halides is 3. The first-order valence-corrected chi connectivity index (χ1v) is 23.9. The van der Waals surface area contributed by atoms with Gasteiger partial charge in [0.1, 0.15) is 12.2 Å². The highest BCUT2D eigenvalue weighted by Gasteiger charge is 2.50. The number of allylic oxidation sites excluding steroid dienone is 12. The highest BCUT2D eigenvalue weighted by atomic mass is 19.4. The van der Waals surface area contributed by atoms with Gasteiger partial charge in [-0.1, -0.05) is 92.0 Å². The first-order valence-electron chi connectivity index (χ1n) is 23.9. The molecule has 71 heavy (non-hydrogen) atoms. The standard InChI is InChI=1S/C49H75F3N2O17/c1-30-16-13-11-9-7-5-3-4-6-8-10-12-14-17-35(70-47-45(64)44(53)40(62)29-67-47)26-41-43(46(65)54-20-15-21-68-49(50,51)52)39(61)28-48(66,71-41)27-34(57)24-38(60)36(58)19-18-32(55)23-33(56)25-42(63)69-31(2)22-37(30)59/h3-14,16-17,30-41,43-45,47,55-62,64,66H,15,18-29,53H2,1-2H3,(H,54,65)/b4-3+,7-5+,8-6+,11-9+,12-10+,16-13+,17-14+/t30-,31-,32?,33?,34?,35?,36?,37-,38?,39-,40+,41-,43+,44-,45-,47-,48?/m0/s1. The Morgan fingerprint density at radius 1 is 0.746 bits per heavy atom. The van der Waals surface area contributed by atoms with Gasteiger partial charge in [-0.3, -0.25) is 14.3 Å². The number of aliphatic hydroxyl groups is 10. The number of aliphatic hydroxyl groups excluding tert-OH is 9. The first kappa shape index (κ1) is 61.6. The number of amides is 1. The van der Waals surface area contributed by atoms with E-state index in [1.54, 1.807) is 92.8 Å². The van der Waals surface area contributed by atoms with Crippen LogP contribution in [0.1, 0.15) is 78.1 Å². The molecule has 3 aliphatic heterocycles. The van der Waals surface area contributed by atoms with Gasteiger partial charge in [-0.25, -0.2) is 0 Å². The van der Waals surface area contributed by atoms with Crippen molar-refractivity contribution >= 4 is 11.9 Å². The average Bonchev–Trinajstić information content (AvgIpc) is 3.26. The molecular formula is C49H75F3N2O17. The van der Waals surface area contributed by atoms with Gasteiger partial charge < -0.3 is 81.1 Å². The quantitative estimate of drug-likeness (QED) is 0.125. The van der Waals surface area contributed by atoms with Crippen LogP contribution in [0.5, 0.6) is 0 Å². The van der Waals surface area contributed by atoms with Crippen molar-refractivity contribution in [2.24, 2.45) is 17.6 Å². The Morgan fingerprint density at radius 3 is 1.97 bits per heavy atom. The molecule has 2 bridgehead atoms. The molecule has 0 saturated carbocycles. The summed E-state index contributed by atoms with van der Waals surface area (Å²) >= 11 is 0. The van der Waals surface area contributed by atoms with Gasteiger partial charge in [-0.05, 0) is 32.6 Å². The SMILES string of the molecule is C[C@H]1C[C@H](O)[C@@H](C)/C=C/C=C/C=C/C=C/C=C/C=C/C=C/C(O[C@@H]2OC[C@@H](O)[C@H](N)[C@@H]2O)C[C@@H]2OC(O)(CC(O)CC(O)C(O)CCC(O)CC(O)CC(=O)O1)C[C@H](O)[C@H]2C(=O)NCCCOC(F)(F)F. The molecule has 17 atom stereocenters. The highest BCUT2D eigenvalue weighted by molar-refractivity contribution is 5.80. The second-order valence-electron chi connectivity index (χ2n) is 18.3. The van der Waals surface area contributed by atoms with Crippen LogP contribution < -0.4 is 11.1 Å². The molecular weight excluding hydrogens is 946 g/mol. The van der Waals surface area contributed by atoms with Crippen LogP contribution in [0.3, 0.4) is 0 Å². The van der Waals surface area contributed by atoms with Crippen LogP contribution in [0.2, 0.25) is 0 Å². The number of rotatable bonds is 7. The van der Waals surface area contributed by atoms with Gasteiger partial charge in [0.25, 0.3) is 0 Å². The minimum Gasteiger partial charge on any atom is -0.462 e. The number of carbonyl (C=O) groups is 2. The second-order valence-corrected chi connectivity index (χ2v) is 18.3. The van der Waals surface area contributed by atoms with E-state index in [0.29, 0.717) is 0 Å². The summed E-state index contributed by atoms with van der Waals surface area (Å²) in [5.74, 6) is -5.81. The molecule has 0 spiro atoms. The van der Waals surface area contributed by atoms with E-state index >= 15 is 0 Å². The second kappa shape index (κ2) is 31.1. The van der Waals surface area contributed by atoms with Crippen LogP contribution in [0.25, 0.3) is 0 Å². The number of ether oxygens (including phenoxy) is 5. The molecule has 0 aromatic carbocycles. The number of hydrogen-bond donors (Lipinski definition) is 12. The van der Waals surface area contributed by atoms with Gasteiger partial charge in [0.2, 0.25) is 5.91 Å². The fraction of sp³-hybridized carbons (Fsp3) is 0.673. The fourth-order valence-electron chi connectivity index (χ4n) is 8.10. The molecule has 19 nitrogen and oxygen atoms in total. The number of nitrogens with two attached hydrogens (primary N) is 1. The van der Waals surface area contributed by atoms with Gasteiger partial charge in [0, 0.05) is 44.6 Å². The maximum Gasteiger partial charge on any atom is 0.522 e. The molecule has 22 heteroatoms. The lowest BCUT2D eigenvalue weighted by Crippen LogP contribution is -2.59. The van der Waals surface area contributed by atoms with Gasteiger partial charge in [-0.15, -0.1) is 13.2 Å². The third kappa shape index (κ3) is 23.8. The molecule has 0 aliphatic carbocycles. The molecule has 13 N–H and O–H groups in total. The van der Waals surface area contributed by atoms with Gasteiger partial charge >= 0.3 is 12.3 Å². The summed E-state index contributed by atoms with van der Waals surface area (Å²) in [7, 11) is 0. The van der Waals surface area contributed by atoms with Gasteiger partial charge in [0.15, 0.2) is 12.1 Å². The molecule has 404 valence electrons. The third-order valence-electron chi connectivity index (χ3n) is 12.0. The smallest absolute Gasteiger partial charge is 0.462 e. The molecule has 0 aromatic rings. The van der Waals surface area contributed by atoms with Crippen molar-refractivity contribution in [1.29, 1.82) is 0 Å². The molecule has 3 rings (SSSR count). The summed E-state index contributed by atoms with van der Waals surface area (Å²) in [6.07, 6.45) is -1.84. The largest absolute Gasteiger partial charge is 0.522 e. The zero-order chi connectivity index (χ0) is 52.7. The maximum atomic E-state index is 13.6. The van der Waals surface area contributed by atoms with Crippen LogP contribution in [0.15, 0.2) is 85.1 Å². The van der Waals surface area contributed by atoms with Crippen molar-refractivity contribution in [1.82, 2.24) is 5.32 Å². The zero-order valence-corrected chi connectivity index (χ0v) is 40.1. The van der Waals surface area contributed by atoms with E-state index in [-0.39, 0.29) is 57.6 Å². The number of fused-ring (bicyclic) bond motifs is 2. The Balaban J connectivity index is 1.90. The van der Waals surface area contributed by atoms with E-state index in [0.717, 1.165) is 0 Å². The number of cyclic esters (lactones) is 1. The first-order chi connectivity index (χ1) is 33.5. The van der Waals surface area contributed by atoms with E-state index in [9.17, 15) is 73.8 Å². The van der Waals surface area contributed by atoms with Crippen LogP contribution >= 0.6 is 0 Å². The lowest BCUT2D eigenvalue weighted by molar-refractivity contribution is -0.324. The van der Waals surface area contributed by atoms with Crippen molar-refractivity contribution in [3.63, 3.8) is 0 Å². The summed E-state index contributed by atoms with van der Waals surface area (Å²) in [4.78, 5) is 26.2. The minimum atomic E-state index is -4.90. The minimum absolute atomic E-state index is 0.127. The molecule has 7 unspecified atom stereocenters. The van der Waals surface area contributed by atoms with E-state index in [4.69, 9.17) is 24.7 Å². The summed E-state index contributed by atoms with van der Waals surface area (Å²) in [5.41, 5.74) is 5.97. The monoisotopic (exact) mass is 1020 g/mol. The Labute approximate surface area is 412 Å². The Kier molecular flexibility index (Phi) is 27.0. The highest BCUT2D eigenvalue weighted by Crippen LogP contribution is 2.38. The van der Waals surface area contributed by atoms with Crippen LogP contribution in [0.4, 0.5) is 13.2 Å². The maximum absolute atomic E-state index is 13.6. The summed E-state index contributed by atoms with van der Waals surface area (Å²) < 4.78 is 64.5. The van der Waals surface area contributed by atoms with E-state index in [1.165, 1.54) is 6.08 Å². The Bertz CT molecular complexity index is 1800. The van der Waals surface area contributed by atoms with Crippen molar-refractivity contribution in [3.8, 4) is 0 Å². The number of nitrogens with one attached hydrogen (secondary N) is 1. The number of halogens is 3. The number of carbonyl (C=O) groups excluding carboxylic acids is 2. The van der Waals surface area contributed by atoms with E-state index < -0.39 is 148 Å². The predicted octanol–water partition coefficient (Wildman–Crippen LogP) is 1.04. The molecule has 2 fully saturated rings. The van der Waals surface area contributed by atoms with Crippen molar-refractivity contribution in [2.45, 2.75) is 176 Å². The Hall–Kier alpha value is -3.69. The van der Waals surface area contributed by atoms with Crippen molar-refractivity contribution in [3.05, 3.63) is 85.1 Å².